The molecule has 0 radical (unpaired) electrons. The van der Waals surface area contributed by atoms with Gasteiger partial charge in [-0.3, -0.25) is 9.59 Å². The summed E-state index contributed by atoms with van der Waals surface area (Å²) >= 11 is 0. The van der Waals surface area contributed by atoms with Crippen LogP contribution in [0.25, 0.3) is 0 Å². The second-order valence-electron chi connectivity index (χ2n) is 7.58. The third-order valence-electron chi connectivity index (χ3n) is 5.83. The summed E-state index contributed by atoms with van der Waals surface area (Å²) in [5.41, 5.74) is 3.10. The molecular formula is C20H26N2O4. The third kappa shape index (κ3) is 3.01. The van der Waals surface area contributed by atoms with Crippen LogP contribution in [-0.4, -0.2) is 55.3 Å². The number of carbonyl (C=O) groups excluding carboxylic acids is 2. The molecule has 3 aliphatic rings. The molecule has 1 aromatic rings. The highest BCUT2D eigenvalue weighted by atomic mass is 16.7. The summed E-state index contributed by atoms with van der Waals surface area (Å²) in [6, 6.07) is 6.01. The minimum absolute atomic E-state index is 0.0386. The molecule has 2 amide bonds. The molecule has 0 aliphatic carbocycles. The predicted molar refractivity (Wildman–Crippen MR) is 96.8 cm³/mol. The number of para-hydroxylation sites is 1. The van der Waals surface area contributed by atoms with Crippen LogP contribution in [-0.2, 0) is 19.1 Å². The van der Waals surface area contributed by atoms with E-state index in [2.05, 4.69) is 0 Å². The van der Waals surface area contributed by atoms with Gasteiger partial charge >= 0.3 is 0 Å². The van der Waals surface area contributed by atoms with Crippen LogP contribution in [0.2, 0.25) is 0 Å². The zero-order valence-electron chi connectivity index (χ0n) is 15.5. The van der Waals surface area contributed by atoms with Crippen molar-refractivity contribution in [2.75, 3.05) is 37.7 Å². The number of amides is 2. The van der Waals surface area contributed by atoms with Crippen LogP contribution in [0.3, 0.4) is 0 Å². The number of hydrogen-bond acceptors (Lipinski definition) is 4. The topological polar surface area (TPSA) is 59.1 Å². The van der Waals surface area contributed by atoms with Gasteiger partial charge in [0.15, 0.2) is 5.79 Å². The van der Waals surface area contributed by atoms with E-state index in [0.717, 1.165) is 16.8 Å². The molecule has 0 aromatic heterocycles. The van der Waals surface area contributed by atoms with Crippen LogP contribution < -0.4 is 4.90 Å². The Labute approximate surface area is 154 Å². The van der Waals surface area contributed by atoms with Gasteiger partial charge in [0, 0.05) is 44.6 Å². The molecule has 1 unspecified atom stereocenters. The Morgan fingerprint density at radius 2 is 1.73 bits per heavy atom. The number of likely N-dealkylation sites (tertiary alicyclic amines) is 1. The Balaban J connectivity index is 1.43. The zero-order chi connectivity index (χ0) is 18.3. The first-order valence-corrected chi connectivity index (χ1v) is 9.42. The summed E-state index contributed by atoms with van der Waals surface area (Å²) in [5.74, 6) is -0.621. The SMILES string of the molecule is Cc1cccc(C)c1N1CC(C(=O)N2CCC3(CC2)OCCO3)CC1=O. The van der Waals surface area contributed by atoms with E-state index in [1.165, 1.54) is 0 Å². The smallest absolute Gasteiger partial charge is 0.228 e. The number of benzene rings is 1. The van der Waals surface area contributed by atoms with Crippen LogP contribution >= 0.6 is 0 Å². The second-order valence-corrected chi connectivity index (χ2v) is 7.58. The summed E-state index contributed by atoms with van der Waals surface area (Å²) in [6.45, 7) is 7.02. The number of carbonyl (C=O) groups is 2. The second kappa shape index (κ2) is 6.67. The minimum Gasteiger partial charge on any atom is -0.347 e. The van der Waals surface area contributed by atoms with Crippen molar-refractivity contribution in [2.24, 2.45) is 5.92 Å². The maximum atomic E-state index is 13.0. The van der Waals surface area contributed by atoms with Crippen molar-refractivity contribution in [1.82, 2.24) is 4.90 Å². The van der Waals surface area contributed by atoms with Gasteiger partial charge in [0.2, 0.25) is 11.8 Å². The summed E-state index contributed by atoms with van der Waals surface area (Å²) < 4.78 is 11.5. The highest BCUT2D eigenvalue weighted by Crippen LogP contribution is 2.34. The van der Waals surface area contributed by atoms with Crippen molar-refractivity contribution in [1.29, 1.82) is 0 Å². The standard InChI is InChI=1S/C20H26N2O4/c1-14-4-3-5-15(2)18(14)22-13-16(12-17(22)23)19(24)21-8-6-20(7-9-21)25-10-11-26-20/h3-5,16H,6-13H2,1-2H3. The van der Waals surface area contributed by atoms with Crippen LogP contribution in [0.4, 0.5) is 5.69 Å². The number of ether oxygens (including phenoxy) is 2. The van der Waals surface area contributed by atoms with Crippen molar-refractivity contribution in [3.63, 3.8) is 0 Å². The first-order chi connectivity index (χ1) is 12.5. The number of anilines is 1. The number of nitrogens with zero attached hydrogens (tertiary/aromatic N) is 2. The third-order valence-corrected chi connectivity index (χ3v) is 5.83. The molecule has 1 aromatic carbocycles. The lowest BCUT2D eigenvalue weighted by Gasteiger charge is -2.38. The monoisotopic (exact) mass is 358 g/mol. The van der Waals surface area contributed by atoms with Crippen LogP contribution in [0, 0.1) is 19.8 Å². The van der Waals surface area contributed by atoms with E-state index in [0.29, 0.717) is 52.1 Å². The molecule has 1 spiro atoms. The highest BCUT2D eigenvalue weighted by Gasteiger charge is 2.43. The van der Waals surface area contributed by atoms with Crippen LogP contribution in [0.15, 0.2) is 18.2 Å². The average Bonchev–Trinajstić information content (AvgIpc) is 3.23. The fourth-order valence-electron chi connectivity index (χ4n) is 4.43. The van der Waals surface area contributed by atoms with Gasteiger partial charge in [0.05, 0.1) is 19.1 Å². The summed E-state index contributed by atoms with van der Waals surface area (Å²) in [5, 5.41) is 0. The number of rotatable bonds is 2. The molecule has 0 N–H and O–H groups in total. The Morgan fingerprint density at radius 1 is 1.12 bits per heavy atom. The van der Waals surface area contributed by atoms with Gasteiger partial charge in [0.25, 0.3) is 0 Å². The minimum atomic E-state index is -0.480. The molecule has 1 atom stereocenters. The summed E-state index contributed by atoms with van der Waals surface area (Å²) in [4.78, 5) is 29.2. The predicted octanol–water partition coefficient (Wildman–Crippen LogP) is 2.02. The van der Waals surface area contributed by atoms with Crippen molar-refractivity contribution in [3.8, 4) is 0 Å². The Bertz CT molecular complexity index is 696. The summed E-state index contributed by atoms with van der Waals surface area (Å²) in [6.07, 6.45) is 1.71. The van der Waals surface area contributed by atoms with Gasteiger partial charge in [0.1, 0.15) is 0 Å². The molecule has 3 heterocycles. The molecule has 3 fully saturated rings. The first-order valence-electron chi connectivity index (χ1n) is 9.42. The maximum Gasteiger partial charge on any atom is 0.228 e. The van der Waals surface area contributed by atoms with E-state index in [1.54, 1.807) is 4.90 Å². The zero-order valence-corrected chi connectivity index (χ0v) is 15.5. The van der Waals surface area contributed by atoms with E-state index in [9.17, 15) is 9.59 Å². The van der Waals surface area contributed by atoms with Gasteiger partial charge in [-0.2, -0.15) is 0 Å². The molecule has 3 aliphatic heterocycles. The number of aryl methyl sites for hydroxylation is 2. The average molecular weight is 358 g/mol. The molecule has 140 valence electrons. The Hall–Kier alpha value is -1.92. The molecule has 0 saturated carbocycles. The number of piperidine rings is 1. The van der Waals surface area contributed by atoms with E-state index in [4.69, 9.17) is 9.47 Å². The van der Waals surface area contributed by atoms with Crippen LogP contribution in [0.1, 0.15) is 30.4 Å². The lowest BCUT2D eigenvalue weighted by Crippen LogP contribution is -2.49. The fourth-order valence-corrected chi connectivity index (χ4v) is 4.43. The van der Waals surface area contributed by atoms with Gasteiger partial charge < -0.3 is 19.3 Å². The fraction of sp³-hybridized carbons (Fsp3) is 0.600. The highest BCUT2D eigenvalue weighted by molar-refractivity contribution is 6.01. The first kappa shape index (κ1) is 17.5. The van der Waals surface area contributed by atoms with Crippen molar-refractivity contribution in [2.45, 2.75) is 38.9 Å². The van der Waals surface area contributed by atoms with Crippen LogP contribution in [0.5, 0.6) is 0 Å². The van der Waals surface area contributed by atoms with Gasteiger partial charge in [-0.15, -0.1) is 0 Å². The Kier molecular flexibility index (Phi) is 4.49. The largest absolute Gasteiger partial charge is 0.347 e. The van der Waals surface area contributed by atoms with Crippen molar-refractivity contribution >= 4 is 17.5 Å². The lowest BCUT2D eigenvalue weighted by atomic mass is 10.0. The van der Waals surface area contributed by atoms with E-state index >= 15 is 0 Å². The van der Waals surface area contributed by atoms with Crippen molar-refractivity contribution < 1.29 is 19.1 Å². The van der Waals surface area contributed by atoms with E-state index in [1.807, 2.05) is 36.9 Å². The van der Waals surface area contributed by atoms with Gasteiger partial charge in [-0.05, 0) is 25.0 Å². The lowest BCUT2D eigenvalue weighted by molar-refractivity contribution is -0.188. The van der Waals surface area contributed by atoms with Gasteiger partial charge in [-0.1, -0.05) is 18.2 Å². The maximum absolute atomic E-state index is 13.0. The molecule has 4 rings (SSSR count). The molecule has 0 bridgehead atoms. The number of hydrogen-bond donors (Lipinski definition) is 0. The molecule has 6 nitrogen and oxygen atoms in total. The summed E-state index contributed by atoms with van der Waals surface area (Å²) in [7, 11) is 0. The van der Waals surface area contributed by atoms with Gasteiger partial charge in [-0.25, -0.2) is 0 Å². The quantitative estimate of drug-likeness (QED) is 0.812. The Morgan fingerprint density at radius 3 is 2.35 bits per heavy atom. The van der Waals surface area contributed by atoms with E-state index in [-0.39, 0.29) is 17.7 Å². The molecule has 26 heavy (non-hydrogen) atoms. The molecule has 3 saturated heterocycles. The van der Waals surface area contributed by atoms with E-state index < -0.39 is 5.79 Å². The normalized spacial score (nSPS) is 25.3. The molecule has 6 heteroatoms. The molecular weight excluding hydrogens is 332 g/mol. The van der Waals surface area contributed by atoms with Crippen molar-refractivity contribution in [3.05, 3.63) is 29.3 Å².